The van der Waals surface area contributed by atoms with E-state index < -0.39 is 105 Å². The van der Waals surface area contributed by atoms with Crippen LogP contribution >= 0.6 is 0 Å². The Labute approximate surface area is 414 Å². The molecule has 3 aliphatic heterocycles. The molecule has 8 rings (SSSR count). The first-order chi connectivity index (χ1) is 34.6. The van der Waals surface area contributed by atoms with Crippen LogP contribution in [0.2, 0.25) is 0 Å². The summed E-state index contributed by atoms with van der Waals surface area (Å²) in [5.41, 5.74) is 4.32. The molecule has 0 unspecified atom stereocenters. The van der Waals surface area contributed by atoms with Gasteiger partial charge in [-0.3, -0.25) is 4.79 Å². The molecule has 15 atom stereocenters. The number of amides is 1. The lowest BCUT2D eigenvalue weighted by atomic mass is 9.94. The van der Waals surface area contributed by atoms with Crippen LogP contribution in [0, 0.1) is 0 Å². The maximum atomic E-state index is 12.6. The highest BCUT2D eigenvalue weighted by Crippen LogP contribution is 2.37. The molecule has 0 saturated carbocycles. The third-order valence-electron chi connectivity index (χ3n) is 12.7. The van der Waals surface area contributed by atoms with E-state index in [-0.39, 0.29) is 39.6 Å². The molecule has 5 N–H and O–H groups in total. The van der Waals surface area contributed by atoms with Crippen LogP contribution < -0.4 is 5.32 Å². The predicted octanol–water partition coefficient (Wildman–Crippen LogP) is 4.72. The molecular formula is C55H65NO15. The van der Waals surface area contributed by atoms with E-state index in [9.17, 15) is 25.2 Å². The van der Waals surface area contributed by atoms with Crippen molar-refractivity contribution in [3.63, 3.8) is 0 Å². The highest BCUT2D eigenvalue weighted by Gasteiger charge is 2.56. The number of aliphatic hydroxyl groups is 4. The molecule has 0 bridgehead atoms. The second kappa shape index (κ2) is 26.1. The third kappa shape index (κ3) is 14.2. The first kappa shape index (κ1) is 52.3. The largest absolute Gasteiger partial charge is 0.394 e. The quantitative estimate of drug-likeness (QED) is 0.0638. The number of nitrogens with one attached hydrogen (secondary N) is 1. The van der Waals surface area contributed by atoms with Gasteiger partial charge in [0.25, 0.3) is 0 Å². The van der Waals surface area contributed by atoms with Gasteiger partial charge in [0.15, 0.2) is 18.9 Å². The molecule has 1 amide bonds. The molecule has 3 aliphatic rings. The molecule has 5 aromatic rings. The van der Waals surface area contributed by atoms with Crippen LogP contribution in [0.4, 0.5) is 0 Å². The van der Waals surface area contributed by atoms with E-state index in [0.717, 1.165) is 27.8 Å². The first-order valence-electron chi connectivity index (χ1n) is 24.1. The van der Waals surface area contributed by atoms with E-state index >= 15 is 0 Å². The fraction of sp³-hybridized carbons (Fsp3) is 0.436. The van der Waals surface area contributed by atoms with Crippen LogP contribution in [0.1, 0.15) is 41.7 Å². The summed E-state index contributed by atoms with van der Waals surface area (Å²) >= 11 is 0. The molecule has 0 radical (unpaired) electrons. The van der Waals surface area contributed by atoms with Crippen LogP contribution in [0.25, 0.3) is 0 Å². The lowest BCUT2D eigenvalue weighted by molar-refractivity contribution is -0.387. The van der Waals surface area contributed by atoms with Gasteiger partial charge in [0.1, 0.15) is 67.1 Å². The summed E-state index contributed by atoms with van der Waals surface area (Å²) in [6, 6.07) is 46.6. The van der Waals surface area contributed by atoms with Gasteiger partial charge in [-0.1, -0.05) is 152 Å². The van der Waals surface area contributed by atoms with E-state index in [4.69, 9.17) is 47.4 Å². The molecule has 3 heterocycles. The number of benzene rings is 5. The van der Waals surface area contributed by atoms with Crippen molar-refractivity contribution < 1.29 is 72.6 Å². The van der Waals surface area contributed by atoms with E-state index in [2.05, 4.69) is 5.32 Å². The second-order valence-corrected chi connectivity index (χ2v) is 18.0. The first-order valence-corrected chi connectivity index (χ1v) is 24.1. The number of carbonyl (C=O) groups is 1. The molecule has 380 valence electrons. The van der Waals surface area contributed by atoms with Crippen molar-refractivity contribution in [2.75, 3.05) is 13.2 Å². The second-order valence-electron chi connectivity index (χ2n) is 18.0. The Kier molecular flexibility index (Phi) is 19.2. The van der Waals surface area contributed by atoms with Gasteiger partial charge in [0.2, 0.25) is 5.91 Å². The van der Waals surface area contributed by atoms with Crippen LogP contribution in [-0.4, -0.2) is 132 Å². The molecule has 71 heavy (non-hydrogen) atoms. The Morgan fingerprint density at radius 3 is 1.37 bits per heavy atom. The average molecular weight is 980 g/mol. The van der Waals surface area contributed by atoms with Gasteiger partial charge < -0.3 is 73.1 Å². The Morgan fingerprint density at radius 2 is 0.901 bits per heavy atom. The van der Waals surface area contributed by atoms with E-state index in [1.165, 1.54) is 6.92 Å². The minimum atomic E-state index is -1.61. The van der Waals surface area contributed by atoms with Crippen molar-refractivity contribution in [1.29, 1.82) is 0 Å². The lowest BCUT2D eigenvalue weighted by Gasteiger charge is -2.50. The van der Waals surface area contributed by atoms with Gasteiger partial charge in [-0.05, 0) is 34.7 Å². The zero-order valence-electron chi connectivity index (χ0n) is 39.8. The Balaban J connectivity index is 1.19. The molecule has 0 aliphatic carbocycles. The van der Waals surface area contributed by atoms with Crippen molar-refractivity contribution >= 4 is 5.91 Å². The monoisotopic (exact) mass is 979 g/mol. The van der Waals surface area contributed by atoms with Crippen molar-refractivity contribution in [3.05, 3.63) is 179 Å². The Morgan fingerprint density at radius 1 is 0.493 bits per heavy atom. The summed E-state index contributed by atoms with van der Waals surface area (Å²) in [4.78, 5) is 12.6. The summed E-state index contributed by atoms with van der Waals surface area (Å²) in [6.45, 7) is 2.92. The minimum absolute atomic E-state index is 0.0469. The van der Waals surface area contributed by atoms with Crippen LogP contribution in [0.15, 0.2) is 152 Å². The number of ether oxygens (including phenoxy) is 10. The van der Waals surface area contributed by atoms with Gasteiger partial charge >= 0.3 is 0 Å². The lowest BCUT2D eigenvalue weighted by Crippen LogP contribution is -2.69. The van der Waals surface area contributed by atoms with Crippen molar-refractivity contribution in [3.8, 4) is 0 Å². The fourth-order valence-electron chi connectivity index (χ4n) is 9.04. The summed E-state index contributed by atoms with van der Waals surface area (Å²) in [7, 11) is 0. The third-order valence-corrected chi connectivity index (χ3v) is 12.7. The molecule has 0 spiro atoms. The van der Waals surface area contributed by atoms with Gasteiger partial charge in [-0.15, -0.1) is 0 Å². The number of hydrogen-bond donors (Lipinski definition) is 5. The number of rotatable bonds is 22. The number of carbonyl (C=O) groups excluding carboxylic acids is 1. The Hall–Kier alpha value is -4.99. The molecule has 5 aromatic carbocycles. The van der Waals surface area contributed by atoms with E-state index in [1.807, 2.05) is 159 Å². The van der Waals surface area contributed by atoms with Crippen molar-refractivity contribution in [2.24, 2.45) is 0 Å². The summed E-state index contributed by atoms with van der Waals surface area (Å²) in [5, 5.41) is 47.3. The fourth-order valence-corrected chi connectivity index (χ4v) is 9.04. The average Bonchev–Trinajstić information content (AvgIpc) is 3.39. The van der Waals surface area contributed by atoms with Crippen LogP contribution in [-0.2, 0) is 85.2 Å². The van der Waals surface area contributed by atoms with Crippen molar-refractivity contribution in [1.82, 2.24) is 5.32 Å². The van der Waals surface area contributed by atoms with Crippen LogP contribution in [0.3, 0.4) is 0 Å². The molecule has 3 fully saturated rings. The van der Waals surface area contributed by atoms with Gasteiger partial charge in [0, 0.05) is 6.92 Å². The SMILES string of the molecule is CC(=O)N[C@@H]1[C@H](O[C@H]2[C@H](OCc3ccccc3)[C@@H](OCc3ccccc3)[C@@H](O[C@@H]3[C@H](OCc4ccccc4)[C@@H](OCc4ccccc4)[C@H](C)O[C@H]3O)O[C@@H]2COCc2ccccc2)O[C@H](CO)[C@@H](O)[C@@H]1O. The summed E-state index contributed by atoms with van der Waals surface area (Å²) in [6.07, 6.45) is -16.9. The molecule has 0 aromatic heterocycles. The van der Waals surface area contributed by atoms with Crippen LogP contribution in [0.5, 0.6) is 0 Å². The maximum Gasteiger partial charge on any atom is 0.217 e. The molecule has 16 nitrogen and oxygen atoms in total. The topological polar surface area (TPSA) is 202 Å². The zero-order valence-corrected chi connectivity index (χ0v) is 39.8. The summed E-state index contributed by atoms with van der Waals surface area (Å²) < 4.78 is 66.7. The van der Waals surface area contributed by atoms with Crippen molar-refractivity contribution in [2.45, 2.75) is 139 Å². The van der Waals surface area contributed by atoms with Gasteiger partial charge in [0.05, 0.1) is 52.4 Å². The molecule has 3 saturated heterocycles. The minimum Gasteiger partial charge on any atom is -0.394 e. The van der Waals surface area contributed by atoms with Gasteiger partial charge in [-0.2, -0.15) is 0 Å². The maximum absolute atomic E-state index is 12.6. The van der Waals surface area contributed by atoms with Gasteiger partial charge in [-0.25, -0.2) is 0 Å². The number of hydrogen-bond acceptors (Lipinski definition) is 15. The molecule has 16 heteroatoms. The zero-order chi connectivity index (χ0) is 49.5. The predicted molar refractivity (Wildman–Crippen MR) is 256 cm³/mol. The van der Waals surface area contributed by atoms with E-state index in [1.54, 1.807) is 0 Å². The van der Waals surface area contributed by atoms with E-state index in [0.29, 0.717) is 0 Å². The summed E-state index contributed by atoms with van der Waals surface area (Å²) in [5.74, 6) is -0.532. The standard InChI is InChI=1S/C55H65NO15/c1-35-47(63-30-38-20-10-4-11-21-38)49(64-31-39-22-12-5-13-23-39)51(53(61)67-35)71-55-52(66-33-41-26-16-7-17-27-41)50(65-32-40-24-14-6-15-25-40)48(43(69-55)34-62-29-37-18-8-3-9-19-37)70-54-44(56-36(2)58)46(60)45(59)42(28-57)68-54/h3-27,35,42-55,57,59-61H,28-34H2,1-2H3,(H,56,58)/t35-,42+,43+,44-,45+,46+,47-,48+,49+,50-,51+,52+,53+,54-,55+/m0/s1. The highest BCUT2D eigenvalue weighted by molar-refractivity contribution is 5.73. The Bertz CT molecular complexity index is 2300. The smallest absolute Gasteiger partial charge is 0.217 e. The normalized spacial score (nSPS) is 30.9. The molecular weight excluding hydrogens is 915 g/mol. The highest BCUT2D eigenvalue weighted by atomic mass is 16.8. The number of aliphatic hydroxyl groups excluding tert-OH is 4.